The average molecular weight is 230 g/mol. The van der Waals surface area contributed by atoms with Crippen LogP contribution in [0.15, 0.2) is 28.9 Å². The van der Waals surface area contributed by atoms with Crippen LogP contribution in [0.4, 0.5) is 5.69 Å². The van der Waals surface area contributed by atoms with Crippen LogP contribution in [0.25, 0.3) is 11.0 Å². The maximum absolute atomic E-state index is 5.85. The number of nitrogen functional groups attached to an aromatic ring is 1. The Bertz CT molecular complexity index is 524. The molecule has 1 saturated heterocycles. The lowest BCUT2D eigenvalue weighted by Gasteiger charge is -2.28. The predicted molar refractivity (Wildman–Crippen MR) is 70.1 cm³/mol. The van der Waals surface area contributed by atoms with Crippen LogP contribution in [0, 0.1) is 0 Å². The Morgan fingerprint density at radius 1 is 1.29 bits per heavy atom. The number of piperidine rings is 1. The van der Waals surface area contributed by atoms with Crippen LogP contribution in [0.1, 0.15) is 24.3 Å². The molecule has 0 amide bonds. The first kappa shape index (κ1) is 10.7. The zero-order valence-corrected chi connectivity index (χ0v) is 10.1. The van der Waals surface area contributed by atoms with Crippen molar-refractivity contribution < 1.29 is 4.42 Å². The van der Waals surface area contributed by atoms with E-state index in [0.717, 1.165) is 11.3 Å². The normalized spacial score (nSPS) is 18.9. The van der Waals surface area contributed by atoms with E-state index in [1.165, 1.54) is 36.9 Å². The lowest BCUT2D eigenvalue weighted by molar-refractivity contribution is 0.255. The van der Waals surface area contributed by atoms with Crippen molar-refractivity contribution in [2.75, 3.05) is 25.9 Å². The maximum Gasteiger partial charge on any atom is 0.134 e. The Labute approximate surface area is 101 Å². The van der Waals surface area contributed by atoms with E-state index in [0.29, 0.717) is 5.92 Å². The molecule has 1 aromatic carbocycles. The largest absolute Gasteiger partial charge is 0.464 e. The number of likely N-dealkylation sites (tertiary alicyclic amines) is 1. The van der Waals surface area contributed by atoms with Gasteiger partial charge < -0.3 is 15.1 Å². The Morgan fingerprint density at radius 2 is 2.06 bits per heavy atom. The average Bonchev–Trinajstić information content (AvgIpc) is 2.73. The fraction of sp³-hybridized carbons (Fsp3) is 0.429. The van der Waals surface area contributed by atoms with E-state index < -0.39 is 0 Å². The predicted octanol–water partition coefficient (Wildman–Crippen LogP) is 2.82. The highest BCUT2D eigenvalue weighted by Crippen LogP contribution is 2.34. The van der Waals surface area contributed by atoms with Crippen molar-refractivity contribution in [1.29, 1.82) is 0 Å². The van der Waals surface area contributed by atoms with Crippen LogP contribution in [0.2, 0.25) is 0 Å². The van der Waals surface area contributed by atoms with E-state index in [9.17, 15) is 0 Å². The lowest BCUT2D eigenvalue weighted by atomic mass is 9.89. The summed E-state index contributed by atoms with van der Waals surface area (Å²) in [6.07, 6.45) is 4.33. The highest BCUT2D eigenvalue weighted by Gasteiger charge is 2.21. The van der Waals surface area contributed by atoms with Crippen molar-refractivity contribution >= 4 is 16.7 Å². The molecule has 0 spiro atoms. The molecule has 17 heavy (non-hydrogen) atoms. The van der Waals surface area contributed by atoms with Gasteiger partial charge >= 0.3 is 0 Å². The number of nitrogens with two attached hydrogens (primary N) is 1. The van der Waals surface area contributed by atoms with Gasteiger partial charge in [-0.15, -0.1) is 0 Å². The summed E-state index contributed by atoms with van der Waals surface area (Å²) >= 11 is 0. The monoisotopic (exact) mass is 230 g/mol. The SMILES string of the molecule is CN1CCC(c2coc3ccc(N)cc23)CC1. The third kappa shape index (κ3) is 1.91. The Kier molecular flexibility index (Phi) is 2.56. The molecule has 0 unspecified atom stereocenters. The van der Waals surface area contributed by atoms with E-state index in [4.69, 9.17) is 10.2 Å². The first-order valence-corrected chi connectivity index (χ1v) is 6.19. The van der Waals surface area contributed by atoms with Gasteiger partial charge in [-0.05, 0) is 57.1 Å². The fourth-order valence-electron chi connectivity index (χ4n) is 2.70. The first-order valence-electron chi connectivity index (χ1n) is 6.19. The number of fused-ring (bicyclic) bond motifs is 1. The van der Waals surface area contributed by atoms with Crippen LogP contribution >= 0.6 is 0 Å². The van der Waals surface area contributed by atoms with Crippen molar-refractivity contribution in [3.8, 4) is 0 Å². The number of hydrogen-bond acceptors (Lipinski definition) is 3. The van der Waals surface area contributed by atoms with E-state index in [1.807, 2.05) is 24.5 Å². The van der Waals surface area contributed by atoms with E-state index in [1.54, 1.807) is 0 Å². The van der Waals surface area contributed by atoms with Gasteiger partial charge in [-0.25, -0.2) is 0 Å². The number of hydrogen-bond donors (Lipinski definition) is 1. The van der Waals surface area contributed by atoms with Gasteiger partial charge in [0.1, 0.15) is 5.58 Å². The summed E-state index contributed by atoms with van der Waals surface area (Å²) in [4.78, 5) is 2.38. The topological polar surface area (TPSA) is 42.4 Å². The Morgan fingerprint density at radius 3 is 2.82 bits per heavy atom. The molecule has 2 aromatic rings. The number of anilines is 1. The molecule has 0 bridgehead atoms. The second-order valence-corrected chi connectivity index (χ2v) is 5.02. The quantitative estimate of drug-likeness (QED) is 0.766. The molecular weight excluding hydrogens is 212 g/mol. The minimum atomic E-state index is 0.620. The summed E-state index contributed by atoms with van der Waals surface area (Å²) in [5.74, 6) is 0.620. The zero-order chi connectivity index (χ0) is 11.8. The maximum atomic E-state index is 5.85. The number of nitrogens with zero attached hydrogens (tertiary/aromatic N) is 1. The van der Waals surface area contributed by atoms with Crippen molar-refractivity contribution in [3.05, 3.63) is 30.0 Å². The second kappa shape index (κ2) is 4.08. The van der Waals surface area contributed by atoms with Gasteiger partial charge in [-0.1, -0.05) is 0 Å². The van der Waals surface area contributed by atoms with Crippen LogP contribution in [0.3, 0.4) is 0 Å². The fourth-order valence-corrected chi connectivity index (χ4v) is 2.70. The minimum Gasteiger partial charge on any atom is -0.464 e. The minimum absolute atomic E-state index is 0.620. The molecule has 1 aliphatic heterocycles. The highest BCUT2D eigenvalue weighted by molar-refractivity contribution is 5.84. The van der Waals surface area contributed by atoms with Crippen molar-refractivity contribution in [3.63, 3.8) is 0 Å². The van der Waals surface area contributed by atoms with Crippen molar-refractivity contribution in [1.82, 2.24) is 4.90 Å². The summed E-state index contributed by atoms with van der Waals surface area (Å²) in [6.45, 7) is 2.33. The van der Waals surface area contributed by atoms with E-state index in [-0.39, 0.29) is 0 Å². The Balaban J connectivity index is 1.97. The smallest absolute Gasteiger partial charge is 0.134 e. The number of benzene rings is 1. The molecule has 3 nitrogen and oxygen atoms in total. The first-order chi connectivity index (χ1) is 8.24. The summed E-state index contributed by atoms with van der Waals surface area (Å²) in [7, 11) is 2.18. The molecule has 1 aliphatic rings. The summed E-state index contributed by atoms with van der Waals surface area (Å²) in [6, 6.07) is 5.89. The second-order valence-electron chi connectivity index (χ2n) is 5.02. The van der Waals surface area contributed by atoms with Crippen molar-refractivity contribution in [2.45, 2.75) is 18.8 Å². The molecular formula is C14H18N2O. The van der Waals surface area contributed by atoms with Crippen molar-refractivity contribution in [2.24, 2.45) is 0 Å². The van der Waals surface area contributed by atoms with E-state index in [2.05, 4.69) is 11.9 Å². The Hall–Kier alpha value is -1.48. The molecule has 2 heterocycles. The van der Waals surface area contributed by atoms with Gasteiger partial charge in [0.05, 0.1) is 6.26 Å². The van der Waals surface area contributed by atoms with E-state index >= 15 is 0 Å². The molecule has 0 atom stereocenters. The summed E-state index contributed by atoms with van der Waals surface area (Å²) < 4.78 is 5.61. The van der Waals surface area contributed by atoms with Gasteiger partial charge in [-0.2, -0.15) is 0 Å². The molecule has 0 radical (unpaired) electrons. The van der Waals surface area contributed by atoms with Crippen LogP contribution < -0.4 is 5.73 Å². The highest BCUT2D eigenvalue weighted by atomic mass is 16.3. The number of furan rings is 1. The third-order valence-electron chi connectivity index (χ3n) is 3.79. The standard InChI is InChI=1S/C14H18N2O/c1-16-6-4-10(5-7-16)13-9-17-14-3-2-11(15)8-12(13)14/h2-3,8-10H,4-7,15H2,1H3. The molecule has 0 aliphatic carbocycles. The summed E-state index contributed by atoms with van der Waals surface area (Å²) in [5, 5.41) is 1.19. The summed E-state index contributed by atoms with van der Waals surface area (Å²) in [5.41, 5.74) is 8.95. The van der Waals surface area contributed by atoms with Gasteiger partial charge in [0.15, 0.2) is 0 Å². The van der Waals surface area contributed by atoms with Gasteiger partial charge in [0.25, 0.3) is 0 Å². The number of rotatable bonds is 1. The molecule has 1 fully saturated rings. The zero-order valence-electron chi connectivity index (χ0n) is 10.1. The van der Waals surface area contributed by atoms with Crippen LogP contribution in [-0.4, -0.2) is 25.0 Å². The molecule has 2 N–H and O–H groups in total. The van der Waals surface area contributed by atoms with Crippen LogP contribution in [-0.2, 0) is 0 Å². The molecule has 3 heteroatoms. The molecule has 90 valence electrons. The third-order valence-corrected chi connectivity index (χ3v) is 3.79. The molecule has 3 rings (SSSR count). The molecule has 0 saturated carbocycles. The van der Waals surface area contributed by atoms with Gasteiger partial charge in [0.2, 0.25) is 0 Å². The van der Waals surface area contributed by atoms with Gasteiger partial charge in [0, 0.05) is 16.6 Å². The molecule has 1 aromatic heterocycles. The lowest BCUT2D eigenvalue weighted by Crippen LogP contribution is -2.29. The van der Waals surface area contributed by atoms with Crippen LogP contribution in [0.5, 0.6) is 0 Å². The van der Waals surface area contributed by atoms with Gasteiger partial charge in [-0.3, -0.25) is 0 Å².